The maximum absolute atomic E-state index is 5.40. The molecule has 2 saturated heterocycles. The third kappa shape index (κ3) is 3.32. The monoisotopic (exact) mass is 222 g/mol. The van der Waals surface area contributed by atoms with Crippen molar-refractivity contribution in [2.45, 2.75) is 36.6 Å². The summed E-state index contributed by atoms with van der Waals surface area (Å²) >= 11 is 2.86. The first-order valence-corrected chi connectivity index (χ1v) is 6.28. The van der Waals surface area contributed by atoms with Gasteiger partial charge in [0.1, 0.15) is 10.9 Å². The molecule has 2 aliphatic rings. The van der Waals surface area contributed by atoms with Crippen LogP contribution in [-0.4, -0.2) is 24.1 Å². The summed E-state index contributed by atoms with van der Waals surface area (Å²) < 4.78 is 16.2. The molecule has 0 spiro atoms. The van der Waals surface area contributed by atoms with Gasteiger partial charge in [0.15, 0.2) is 0 Å². The highest BCUT2D eigenvalue weighted by Gasteiger charge is 2.20. The molecule has 2 aliphatic heterocycles. The molecule has 3 nitrogen and oxygen atoms in total. The van der Waals surface area contributed by atoms with Gasteiger partial charge in [-0.3, -0.25) is 0 Å². The summed E-state index contributed by atoms with van der Waals surface area (Å²) in [5.41, 5.74) is 0.489. The topological polar surface area (TPSA) is 27.7 Å². The van der Waals surface area contributed by atoms with Crippen molar-refractivity contribution in [2.75, 3.05) is 13.2 Å². The fraction of sp³-hybridized carbons (Fsp3) is 1.00. The van der Waals surface area contributed by atoms with Gasteiger partial charge in [0, 0.05) is 37.3 Å². The zero-order chi connectivity index (χ0) is 8.93. The minimum Gasteiger partial charge on any atom is -0.365 e. The Labute approximate surface area is 87.3 Å². The van der Waals surface area contributed by atoms with Crippen LogP contribution in [0.3, 0.4) is 0 Å². The summed E-state index contributed by atoms with van der Waals surface area (Å²) in [6.45, 7) is 1.76. The van der Waals surface area contributed by atoms with E-state index in [-0.39, 0.29) is 10.9 Å². The average molecular weight is 222 g/mol. The van der Waals surface area contributed by atoms with Crippen LogP contribution in [0.15, 0.2) is 0 Å². The Balaban J connectivity index is 1.52. The molecule has 0 bridgehead atoms. The van der Waals surface area contributed by atoms with Crippen LogP contribution in [0.25, 0.3) is 0 Å². The van der Waals surface area contributed by atoms with E-state index in [0.717, 1.165) is 38.9 Å². The van der Waals surface area contributed by atoms with Gasteiger partial charge in [-0.25, -0.2) is 3.63 Å². The van der Waals surface area contributed by atoms with E-state index in [1.54, 1.807) is 0 Å². The Morgan fingerprint density at radius 3 is 1.85 bits per heavy atom. The van der Waals surface area contributed by atoms with E-state index in [1.165, 1.54) is 24.1 Å². The summed E-state index contributed by atoms with van der Waals surface area (Å²) in [7, 11) is 0. The predicted molar refractivity (Wildman–Crippen MR) is 54.2 cm³/mol. The number of hydrogen-bond donors (Lipinski definition) is 0. The molecule has 0 saturated carbocycles. The zero-order valence-corrected chi connectivity index (χ0v) is 9.07. The van der Waals surface area contributed by atoms with E-state index in [9.17, 15) is 0 Å². The van der Waals surface area contributed by atoms with E-state index in [2.05, 4.69) is 0 Å². The van der Waals surface area contributed by atoms with Crippen molar-refractivity contribution in [3.63, 3.8) is 0 Å². The summed E-state index contributed by atoms with van der Waals surface area (Å²) in [5, 5.41) is 0. The molecule has 2 rings (SSSR count). The van der Waals surface area contributed by atoms with Gasteiger partial charge in [0.05, 0.1) is 0 Å². The number of ether oxygens (including phenoxy) is 2. The predicted octanol–water partition coefficient (Wildman–Crippen LogP) is 2.57. The fourth-order valence-corrected chi connectivity index (χ4v) is 3.07. The number of rotatable bonds is 4. The molecule has 0 aromatic rings. The Bertz CT molecular complexity index is 128. The molecule has 0 aliphatic carbocycles. The lowest BCUT2D eigenvalue weighted by Gasteiger charge is -2.10. The van der Waals surface area contributed by atoms with Crippen LogP contribution in [0, 0.1) is 0 Å². The second-order valence-corrected chi connectivity index (χ2v) is 5.13. The second kappa shape index (κ2) is 5.46. The van der Waals surface area contributed by atoms with Gasteiger partial charge in [0.25, 0.3) is 0 Å². The minimum absolute atomic E-state index is 0.244. The highest BCUT2D eigenvalue weighted by atomic mass is 32.2. The largest absolute Gasteiger partial charge is 0.365 e. The summed E-state index contributed by atoms with van der Waals surface area (Å²) in [6, 6.07) is 0. The maximum atomic E-state index is 5.40. The third-order valence-electron chi connectivity index (χ3n) is 2.07. The standard InChI is InChI=1S/C8H14O3S2/c1-3-7(9-5-1)12-11-13-8-4-2-6-10-8/h7-8H,1-6H2. The molecule has 0 aromatic heterocycles. The third-order valence-corrected chi connectivity index (χ3v) is 3.87. The first-order chi connectivity index (χ1) is 6.45. The van der Waals surface area contributed by atoms with Crippen molar-refractivity contribution in [1.82, 2.24) is 0 Å². The van der Waals surface area contributed by atoms with Crippen LogP contribution < -0.4 is 0 Å². The van der Waals surface area contributed by atoms with Gasteiger partial charge >= 0.3 is 0 Å². The van der Waals surface area contributed by atoms with E-state index in [0.29, 0.717) is 0 Å². The number of hydrogen-bond acceptors (Lipinski definition) is 5. The fourth-order valence-electron chi connectivity index (χ4n) is 1.36. The van der Waals surface area contributed by atoms with Crippen molar-refractivity contribution in [2.24, 2.45) is 0 Å². The Morgan fingerprint density at radius 2 is 1.46 bits per heavy atom. The lowest BCUT2D eigenvalue weighted by Crippen LogP contribution is -2.01. The van der Waals surface area contributed by atoms with Crippen molar-refractivity contribution >= 4 is 24.1 Å². The lowest BCUT2D eigenvalue weighted by atomic mass is 10.4. The molecule has 5 heteroatoms. The Morgan fingerprint density at radius 1 is 0.923 bits per heavy atom. The molecular weight excluding hydrogens is 208 g/mol. The van der Waals surface area contributed by atoms with Crippen LogP contribution in [0.4, 0.5) is 0 Å². The molecule has 2 heterocycles. The second-order valence-electron chi connectivity index (χ2n) is 3.15. The van der Waals surface area contributed by atoms with Crippen LogP contribution in [0.2, 0.25) is 0 Å². The first-order valence-electron chi connectivity index (χ1n) is 4.67. The Hall–Kier alpha value is 0.580. The van der Waals surface area contributed by atoms with Gasteiger partial charge in [-0.1, -0.05) is 0 Å². The van der Waals surface area contributed by atoms with Gasteiger partial charge in [-0.15, -0.1) is 0 Å². The smallest absolute Gasteiger partial charge is 0.130 e. The highest BCUT2D eigenvalue weighted by molar-refractivity contribution is 8.08. The van der Waals surface area contributed by atoms with Crippen LogP contribution in [0.1, 0.15) is 25.7 Å². The molecule has 2 unspecified atom stereocenters. The molecule has 13 heavy (non-hydrogen) atoms. The normalized spacial score (nSPS) is 34.2. The lowest BCUT2D eigenvalue weighted by molar-refractivity contribution is 0.166. The average Bonchev–Trinajstić information content (AvgIpc) is 2.75. The van der Waals surface area contributed by atoms with E-state index < -0.39 is 0 Å². The summed E-state index contributed by atoms with van der Waals surface area (Å²) in [4.78, 5) is 0. The molecule has 0 radical (unpaired) electrons. The molecule has 2 atom stereocenters. The SMILES string of the molecule is C1COC(SOSC2CCCO2)C1. The quantitative estimate of drug-likeness (QED) is 0.682. The van der Waals surface area contributed by atoms with E-state index >= 15 is 0 Å². The summed E-state index contributed by atoms with van der Waals surface area (Å²) in [5.74, 6) is 0. The molecular formula is C8H14O3S2. The van der Waals surface area contributed by atoms with Crippen molar-refractivity contribution in [3.05, 3.63) is 0 Å². The molecule has 0 aromatic carbocycles. The van der Waals surface area contributed by atoms with Crippen molar-refractivity contribution in [1.29, 1.82) is 0 Å². The molecule has 2 fully saturated rings. The maximum Gasteiger partial charge on any atom is 0.130 e. The Kier molecular flexibility index (Phi) is 4.24. The van der Waals surface area contributed by atoms with E-state index in [4.69, 9.17) is 13.1 Å². The van der Waals surface area contributed by atoms with Gasteiger partial charge in [0.2, 0.25) is 0 Å². The van der Waals surface area contributed by atoms with Gasteiger partial charge in [-0.05, 0) is 25.7 Å². The molecule has 0 N–H and O–H groups in total. The van der Waals surface area contributed by atoms with E-state index in [1.807, 2.05) is 0 Å². The zero-order valence-electron chi connectivity index (χ0n) is 7.44. The first kappa shape index (κ1) is 10.1. The highest BCUT2D eigenvalue weighted by Crippen LogP contribution is 2.32. The van der Waals surface area contributed by atoms with Crippen LogP contribution in [0.5, 0.6) is 0 Å². The summed E-state index contributed by atoms with van der Waals surface area (Å²) in [6.07, 6.45) is 4.53. The van der Waals surface area contributed by atoms with Crippen LogP contribution in [-0.2, 0) is 13.1 Å². The van der Waals surface area contributed by atoms with Crippen molar-refractivity contribution in [3.8, 4) is 0 Å². The van der Waals surface area contributed by atoms with Gasteiger partial charge < -0.3 is 9.47 Å². The van der Waals surface area contributed by atoms with Crippen LogP contribution >= 0.6 is 24.1 Å². The molecule has 0 amide bonds. The minimum atomic E-state index is 0.244. The molecule has 76 valence electrons. The van der Waals surface area contributed by atoms with Gasteiger partial charge in [-0.2, -0.15) is 0 Å². The van der Waals surface area contributed by atoms with Crippen molar-refractivity contribution < 1.29 is 13.1 Å².